The van der Waals surface area contributed by atoms with E-state index in [1.54, 1.807) is 25.7 Å². The second-order valence-electron chi connectivity index (χ2n) is 6.85. The van der Waals surface area contributed by atoms with Crippen molar-refractivity contribution in [3.63, 3.8) is 0 Å². The van der Waals surface area contributed by atoms with E-state index < -0.39 is 23.4 Å². The van der Waals surface area contributed by atoms with Crippen LogP contribution in [-0.2, 0) is 10.9 Å². The normalized spacial score (nSPS) is 15.9. The lowest BCUT2D eigenvalue weighted by molar-refractivity contribution is -0.137. The fourth-order valence-electron chi connectivity index (χ4n) is 2.59. The molecule has 1 heterocycles. The van der Waals surface area contributed by atoms with E-state index in [1.165, 1.54) is 17.0 Å². The molecule has 138 valence electrons. The summed E-state index contributed by atoms with van der Waals surface area (Å²) >= 11 is 0. The number of amides is 1. The van der Waals surface area contributed by atoms with Gasteiger partial charge in [-0.15, -0.1) is 0 Å². The van der Waals surface area contributed by atoms with Crippen LogP contribution in [0.15, 0.2) is 18.2 Å². The van der Waals surface area contributed by atoms with Crippen molar-refractivity contribution in [3.8, 4) is 0 Å². The summed E-state index contributed by atoms with van der Waals surface area (Å²) in [6.07, 6.45) is -4.64. The summed E-state index contributed by atoms with van der Waals surface area (Å²) in [5.41, 5.74) is -1.48. The summed E-state index contributed by atoms with van der Waals surface area (Å²) in [4.78, 5) is 25.8. The van der Waals surface area contributed by atoms with Gasteiger partial charge < -0.3 is 14.5 Å². The molecule has 1 amide bonds. The fraction of sp³-hybridized carbons (Fsp3) is 0.529. The molecule has 1 aromatic rings. The summed E-state index contributed by atoms with van der Waals surface area (Å²) in [6.45, 7) is 6.30. The lowest BCUT2D eigenvalue weighted by Crippen LogP contribution is -2.50. The molecule has 2 rings (SSSR count). The Hall–Kier alpha value is -2.25. The number of piperazine rings is 1. The molecule has 0 N–H and O–H groups in total. The predicted octanol–water partition coefficient (Wildman–Crippen LogP) is 3.58. The maximum absolute atomic E-state index is 13.3. The van der Waals surface area contributed by atoms with Gasteiger partial charge in [-0.2, -0.15) is 13.2 Å². The molecular formula is C17H21F3N2O3. The summed E-state index contributed by atoms with van der Waals surface area (Å²) in [7, 11) is 0. The van der Waals surface area contributed by atoms with Crippen LogP contribution in [0.5, 0.6) is 0 Å². The van der Waals surface area contributed by atoms with Gasteiger partial charge in [-0.05, 0) is 39.0 Å². The van der Waals surface area contributed by atoms with E-state index in [-0.39, 0.29) is 37.4 Å². The quantitative estimate of drug-likeness (QED) is 0.759. The minimum absolute atomic E-state index is 0.0157. The number of ether oxygens (including phenoxy) is 1. The predicted molar refractivity (Wildman–Crippen MR) is 86.9 cm³/mol. The van der Waals surface area contributed by atoms with Crippen LogP contribution >= 0.6 is 0 Å². The second kappa shape index (κ2) is 6.93. The number of alkyl halides is 3. The standard InChI is InChI=1S/C17H21F3N2O3/c1-16(2,3)25-15(24)22-8-6-21(7-9-22)14-5-4-12(11-23)10-13(14)17(18,19)20/h4-5,10-11H,6-9H2,1-3H3. The highest BCUT2D eigenvalue weighted by Crippen LogP contribution is 2.37. The molecule has 8 heteroatoms. The Kier molecular flexibility index (Phi) is 5.29. The van der Waals surface area contributed by atoms with Gasteiger partial charge in [0.05, 0.1) is 5.56 Å². The highest BCUT2D eigenvalue weighted by Gasteiger charge is 2.36. The summed E-state index contributed by atoms with van der Waals surface area (Å²) in [5, 5.41) is 0. The van der Waals surface area contributed by atoms with Crippen LogP contribution < -0.4 is 4.90 Å². The Morgan fingerprint density at radius 3 is 2.20 bits per heavy atom. The molecule has 0 saturated carbocycles. The van der Waals surface area contributed by atoms with E-state index in [0.717, 1.165) is 6.07 Å². The molecule has 1 aromatic carbocycles. The molecule has 0 radical (unpaired) electrons. The Morgan fingerprint density at radius 1 is 1.12 bits per heavy atom. The summed E-state index contributed by atoms with van der Waals surface area (Å²) in [6, 6.07) is 3.51. The van der Waals surface area contributed by atoms with Crippen molar-refractivity contribution in [2.24, 2.45) is 0 Å². The largest absolute Gasteiger partial charge is 0.444 e. The van der Waals surface area contributed by atoms with Gasteiger partial charge in [-0.3, -0.25) is 4.79 Å². The SMILES string of the molecule is CC(C)(C)OC(=O)N1CCN(c2ccc(C=O)cc2C(F)(F)F)CC1. The van der Waals surface area contributed by atoms with Crippen molar-refractivity contribution in [3.05, 3.63) is 29.3 Å². The van der Waals surface area contributed by atoms with Crippen molar-refractivity contribution >= 4 is 18.1 Å². The first-order valence-corrected chi connectivity index (χ1v) is 7.90. The molecule has 1 aliphatic heterocycles. The summed E-state index contributed by atoms with van der Waals surface area (Å²) in [5.74, 6) is 0. The van der Waals surface area contributed by atoms with E-state index in [4.69, 9.17) is 4.74 Å². The Balaban J connectivity index is 2.13. The van der Waals surface area contributed by atoms with E-state index in [2.05, 4.69) is 0 Å². The molecule has 0 aromatic heterocycles. The lowest BCUT2D eigenvalue weighted by Gasteiger charge is -2.37. The molecular weight excluding hydrogens is 337 g/mol. The van der Waals surface area contributed by atoms with Gasteiger partial charge in [0, 0.05) is 37.4 Å². The van der Waals surface area contributed by atoms with Gasteiger partial charge in [0.25, 0.3) is 0 Å². The minimum Gasteiger partial charge on any atom is -0.444 e. The molecule has 5 nitrogen and oxygen atoms in total. The number of benzene rings is 1. The number of hydrogen-bond acceptors (Lipinski definition) is 4. The van der Waals surface area contributed by atoms with Crippen molar-refractivity contribution < 1.29 is 27.5 Å². The highest BCUT2D eigenvalue weighted by atomic mass is 19.4. The van der Waals surface area contributed by atoms with E-state index in [9.17, 15) is 22.8 Å². The first-order chi connectivity index (χ1) is 11.5. The third-order valence-corrected chi connectivity index (χ3v) is 3.73. The average molecular weight is 358 g/mol. The molecule has 0 spiro atoms. The van der Waals surface area contributed by atoms with Crippen LogP contribution in [0.4, 0.5) is 23.7 Å². The van der Waals surface area contributed by atoms with Crippen LogP contribution in [-0.4, -0.2) is 49.1 Å². The van der Waals surface area contributed by atoms with Crippen LogP contribution in [0.1, 0.15) is 36.7 Å². The number of halogens is 3. The second-order valence-corrected chi connectivity index (χ2v) is 6.85. The smallest absolute Gasteiger partial charge is 0.418 e. The zero-order chi connectivity index (χ0) is 18.8. The van der Waals surface area contributed by atoms with Crippen LogP contribution in [0.3, 0.4) is 0 Å². The zero-order valence-corrected chi connectivity index (χ0v) is 14.4. The molecule has 0 bridgehead atoms. The van der Waals surface area contributed by atoms with Gasteiger partial charge >= 0.3 is 12.3 Å². The highest BCUT2D eigenvalue weighted by molar-refractivity contribution is 5.77. The molecule has 0 aliphatic carbocycles. The van der Waals surface area contributed by atoms with E-state index in [0.29, 0.717) is 6.29 Å². The molecule has 25 heavy (non-hydrogen) atoms. The van der Waals surface area contributed by atoms with Crippen LogP contribution in [0.25, 0.3) is 0 Å². The van der Waals surface area contributed by atoms with E-state index >= 15 is 0 Å². The number of anilines is 1. The van der Waals surface area contributed by atoms with Crippen molar-refractivity contribution in [1.82, 2.24) is 4.90 Å². The van der Waals surface area contributed by atoms with Gasteiger partial charge in [-0.25, -0.2) is 4.79 Å². The Bertz CT molecular complexity index is 646. The maximum Gasteiger partial charge on any atom is 0.418 e. The molecule has 0 unspecified atom stereocenters. The molecule has 1 fully saturated rings. The third-order valence-electron chi connectivity index (χ3n) is 3.73. The number of rotatable bonds is 2. The Morgan fingerprint density at radius 2 is 1.72 bits per heavy atom. The average Bonchev–Trinajstić information content (AvgIpc) is 2.52. The van der Waals surface area contributed by atoms with Crippen molar-refractivity contribution in [2.45, 2.75) is 32.5 Å². The first kappa shape index (κ1) is 19.1. The van der Waals surface area contributed by atoms with Crippen molar-refractivity contribution in [2.75, 3.05) is 31.1 Å². The number of carbonyl (C=O) groups is 2. The van der Waals surface area contributed by atoms with Gasteiger partial charge in [0.1, 0.15) is 11.9 Å². The van der Waals surface area contributed by atoms with Crippen LogP contribution in [0, 0.1) is 0 Å². The Labute approximate surface area is 144 Å². The molecule has 0 atom stereocenters. The zero-order valence-electron chi connectivity index (χ0n) is 14.4. The van der Waals surface area contributed by atoms with Gasteiger partial charge in [0.2, 0.25) is 0 Å². The van der Waals surface area contributed by atoms with Gasteiger partial charge in [-0.1, -0.05) is 0 Å². The topological polar surface area (TPSA) is 49.9 Å². The number of aldehydes is 1. The fourth-order valence-corrected chi connectivity index (χ4v) is 2.59. The minimum atomic E-state index is -4.56. The van der Waals surface area contributed by atoms with Crippen LogP contribution in [0.2, 0.25) is 0 Å². The van der Waals surface area contributed by atoms with Gasteiger partial charge in [0.15, 0.2) is 0 Å². The van der Waals surface area contributed by atoms with E-state index in [1.807, 2.05) is 0 Å². The number of hydrogen-bond donors (Lipinski definition) is 0. The molecule has 1 saturated heterocycles. The number of carbonyl (C=O) groups excluding carboxylic acids is 2. The molecule has 1 aliphatic rings. The monoisotopic (exact) mass is 358 g/mol. The lowest BCUT2D eigenvalue weighted by atomic mass is 10.1. The maximum atomic E-state index is 13.3. The third kappa shape index (κ3) is 4.87. The first-order valence-electron chi connectivity index (χ1n) is 7.90. The van der Waals surface area contributed by atoms with Crippen molar-refractivity contribution in [1.29, 1.82) is 0 Å². The number of nitrogens with zero attached hydrogens (tertiary/aromatic N) is 2. The summed E-state index contributed by atoms with van der Waals surface area (Å²) < 4.78 is 45.1.